The van der Waals surface area contributed by atoms with Gasteiger partial charge in [-0.1, -0.05) is 27.7 Å². The largest absolute Gasteiger partial charge is 0.368 e. The van der Waals surface area contributed by atoms with Crippen LogP contribution in [0.4, 0.5) is 0 Å². The molecule has 3 unspecified atom stereocenters. The number of ether oxygens (including phenoxy) is 1. The molecule has 15 heavy (non-hydrogen) atoms. The molecule has 2 fully saturated rings. The maximum Gasteiger partial charge on any atom is 0.158 e. The normalized spacial score (nSPS) is 44.4. The predicted octanol–water partition coefficient (Wildman–Crippen LogP) is 2.66. The lowest BCUT2D eigenvalue weighted by atomic mass is 9.58. The van der Waals surface area contributed by atoms with Gasteiger partial charge in [0, 0.05) is 5.92 Å². The average Bonchev–Trinajstić information content (AvgIpc) is 2.48. The number of hydrogen-bond donors (Lipinski definition) is 1. The summed E-state index contributed by atoms with van der Waals surface area (Å²) in [4.78, 5) is 0. The van der Waals surface area contributed by atoms with E-state index in [9.17, 15) is 5.11 Å². The average molecular weight is 212 g/mol. The summed E-state index contributed by atoms with van der Waals surface area (Å²) >= 11 is 0. The van der Waals surface area contributed by atoms with Gasteiger partial charge in [-0.2, -0.15) is 0 Å². The Morgan fingerprint density at radius 1 is 1.33 bits per heavy atom. The van der Waals surface area contributed by atoms with Crippen molar-refractivity contribution in [3.05, 3.63) is 0 Å². The van der Waals surface area contributed by atoms with Crippen LogP contribution in [-0.2, 0) is 4.74 Å². The van der Waals surface area contributed by atoms with Crippen LogP contribution in [-0.4, -0.2) is 18.0 Å². The number of fused-ring (bicyclic) bond motifs is 1. The molecule has 0 amide bonds. The van der Waals surface area contributed by atoms with E-state index >= 15 is 0 Å². The van der Waals surface area contributed by atoms with Crippen LogP contribution < -0.4 is 0 Å². The Bertz CT molecular complexity index is 235. The van der Waals surface area contributed by atoms with Crippen LogP contribution in [0.2, 0.25) is 0 Å². The minimum Gasteiger partial charge on any atom is -0.368 e. The van der Waals surface area contributed by atoms with Crippen molar-refractivity contribution in [3.8, 4) is 0 Å². The second-order valence-corrected chi connectivity index (χ2v) is 6.35. The maximum atomic E-state index is 9.94. The molecule has 4 atom stereocenters. The molecule has 1 heterocycles. The minimum atomic E-state index is -0.522. The first-order valence-corrected chi connectivity index (χ1v) is 6.23. The van der Waals surface area contributed by atoms with E-state index in [0.29, 0.717) is 17.8 Å². The molecule has 1 saturated carbocycles. The van der Waals surface area contributed by atoms with Crippen LogP contribution in [0.5, 0.6) is 0 Å². The summed E-state index contributed by atoms with van der Waals surface area (Å²) in [5.74, 6) is 2.37. The summed E-state index contributed by atoms with van der Waals surface area (Å²) < 4.78 is 5.47. The quantitative estimate of drug-likeness (QED) is 0.724. The molecule has 0 aromatic rings. The predicted molar refractivity (Wildman–Crippen MR) is 60.3 cm³/mol. The molecule has 2 nitrogen and oxygen atoms in total. The molecule has 0 aromatic heterocycles. The number of rotatable bonds is 1. The fourth-order valence-electron chi connectivity index (χ4n) is 3.73. The van der Waals surface area contributed by atoms with Crippen LogP contribution in [0.15, 0.2) is 0 Å². The lowest BCUT2D eigenvalue weighted by Gasteiger charge is -2.46. The van der Waals surface area contributed by atoms with Crippen molar-refractivity contribution >= 4 is 0 Å². The van der Waals surface area contributed by atoms with Crippen molar-refractivity contribution < 1.29 is 9.84 Å². The van der Waals surface area contributed by atoms with Gasteiger partial charge in [0.15, 0.2) is 6.29 Å². The summed E-state index contributed by atoms with van der Waals surface area (Å²) in [5, 5.41) is 9.94. The van der Waals surface area contributed by atoms with E-state index < -0.39 is 6.29 Å². The Morgan fingerprint density at radius 3 is 2.60 bits per heavy atom. The third-order valence-corrected chi connectivity index (χ3v) is 4.66. The number of aliphatic hydroxyl groups excluding tert-OH is 1. The Kier molecular flexibility index (Phi) is 2.85. The third kappa shape index (κ3) is 1.83. The van der Waals surface area contributed by atoms with Crippen LogP contribution in [0.1, 0.15) is 40.5 Å². The maximum absolute atomic E-state index is 9.94. The summed E-state index contributed by atoms with van der Waals surface area (Å²) in [6.45, 7) is 9.91. The van der Waals surface area contributed by atoms with Gasteiger partial charge in [0.05, 0.1) is 6.61 Å². The van der Waals surface area contributed by atoms with E-state index in [-0.39, 0.29) is 5.41 Å². The SMILES string of the molecule is CC(C)[C@@H]1CCC(C)(C)C2C(O)OCC21. The van der Waals surface area contributed by atoms with E-state index in [4.69, 9.17) is 4.74 Å². The Hall–Kier alpha value is -0.0800. The highest BCUT2D eigenvalue weighted by atomic mass is 16.6. The van der Waals surface area contributed by atoms with Gasteiger partial charge in [-0.15, -0.1) is 0 Å². The van der Waals surface area contributed by atoms with Crippen molar-refractivity contribution in [2.75, 3.05) is 6.61 Å². The summed E-state index contributed by atoms with van der Waals surface area (Å²) in [6.07, 6.45) is 1.99. The highest BCUT2D eigenvalue weighted by Crippen LogP contribution is 2.53. The molecule has 1 aliphatic carbocycles. The topological polar surface area (TPSA) is 29.5 Å². The Balaban J connectivity index is 2.21. The van der Waals surface area contributed by atoms with Crippen molar-refractivity contribution in [1.29, 1.82) is 0 Å². The summed E-state index contributed by atoms with van der Waals surface area (Å²) in [5.41, 5.74) is 0.242. The van der Waals surface area contributed by atoms with Crippen molar-refractivity contribution in [2.24, 2.45) is 29.1 Å². The van der Waals surface area contributed by atoms with Gasteiger partial charge in [-0.25, -0.2) is 0 Å². The Morgan fingerprint density at radius 2 is 2.00 bits per heavy atom. The molecular formula is C13H24O2. The summed E-state index contributed by atoms with van der Waals surface area (Å²) in [7, 11) is 0. The monoisotopic (exact) mass is 212 g/mol. The molecule has 2 rings (SSSR count). The van der Waals surface area contributed by atoms with E-state index in [1.54, 1.807) is 0 Å². The van der Waals surface area contributed by atoms with E-state index in [1.165, 1.54) is 12.8 Å². The Labute approximate surface area is 93.0 Å². The van der Waals surface area contributed by atoms with Crippen LogP contribution in [0.25, 0.3) is 0 Å². The zero-order chi connectivity index (χ0) is 11.2. The molecule has 0 spiro atoms. The first-order valence-electron chi connectivity index (χ1n) is 6.23. The first-order chi connectivity index (χ1) is 6.93. The zero-order valence-corrected chi connectivity index (χ0v) is 10.4. The van der Waals surface area contributed by atoms with Crippen molar-refractivity contribution in [2.45, 2.75) is 46.8 Å². The molecular weight excluding hydrogens is 188 g/mol. The van der Waals surface area contributed by atoms with Gasteiger partial charge < -0.3 is 9.84 Å². The lowest BCUT2D eigenvalue weighted by Crippen LogP contribution is -2.43. The molecule has 1 N–H and O–H groups in total. The second-order valence-electron chi connectivity index (χ2n) is 6.35. The van der Waals surface area contributed by atoms with Crippen molar-refractivity contribution in [1.82, 2.24) is 0 Å². The molecule has 88 valence electrons. The van der Waals surface area contributed by atoms with Gasteiger partial charge >= 0.3 is 0 Å². The van der Waals surface area contributed by atoms with Gasteiger partial charge in [-0.3, -0.25) is 0 Å². The molecule has 2 heteroatoms. The molecule has 0 aromatic carbocycles. The smallest absolute Gasteiger partial charge is 0.158 e. The van der Waals surface area contributed by atoms with Crippen LogP contribution >= 0.6 is 0 Å². The van der Waals surface area contributed by atoms with Gasteiger partial charge in [-0.05, 0) is 36.0 Å². The molecule has 0 bridgehead atoms. The van der Waals surface area contributed by atoms with E-state index in [0.717, 1.165) is 12.5 Å². The van der Waals surface area contributed by atoms with Gasteiger partial charge in [0.2, 0.25) is 0 Å². The summed E-state index contributed by atoms with van der Waals surface area (Å²) in [6, 6.07) is 0. The standard InChI is InChI=1S/C13H24O2/c1-8(2)9-5-6-13(3,4)11-10(9)7-15-12(11)14/h8-12,14H,5-7H2,1-4H3/t9-,10?,11?,12?/m0/s1. The fourth-order valence-corrected chi connectivity index (χ4v) is 3.73. The number of hydrogen-bond acceptors (Lipinski definition) is 2. The molecule has 1 saturated heterocycles. The van der Waals surface area contributed by atoms with Crippen molar-refractivity contribution in [3.63, 3.8) is 0 Å². The van der Waals surface area contributed by atoms with E-state index in [1.807, 2.05) is 0 Å². The van der Waals surface area contributed by atoms with Gasteiger partial charge in [0.1, 0.15) is 0 Å². The zero-order valence-electron chi connectivity index (χ0n) is 10.4. The third-order valence-electron chi connectivity index (χ3n) is 4.66. The van der Waals surface area contributed by atoms with Gasteiger partial charge in [0.25, 0.3) is 0 Å². The molecule has 2 aliphatic rings. The second kappa shape index (κ2) is 3.74. The van der Waals surface area contributed by atoms with E-state index in [2.05, 4.69) is 27.7 Å². The molecule has 0 radical (unpaired) electrons. The molecule has 1 aliphatic heterocycles. The number of aliphatic hydroxyl groups is 1. The highest BCUT2D eigenvalue weighted by molar-refractivity contribution is 4.97. The van der Waals surface area contributed by atoms with Crippen LogP contribution in [0.3, 0.4) is 0 Å². The minimum absolute atomic E-state index is 0.242. The highest BCUT2D eigenvalue weighted by Gasteiger charge is 2.51. The first kappa shape index (κ1) is 11.4. The lowest BCUT2D eigenvalue weighted by molar-refractivity contribution is -0.115. The fraction of sp³-hybridized carbons (Fsp3) is 1.00. The van der Waals surface area contributed by atoms with Crippen LogP contribution in [0, 0.1) is 29.1 Å².